The molecule has 0 aromatic heterocycles. The number of nitrogens with zero attached hydrogens (tertiary/aromatic N) is 3. The number of carbonyl (C=O) groups is 1. The lowest BCUT2D eigenvalue weighted by molar-refractivity contribution is -0.118. The zero-order chi connectivity index (χ0) is 18.3. The number of carbonyl (C=O) groups excluding carboxylic acids is 1. The van der Waals surface area contributed by atoms with Gasteiger partial charge in [-0.3, -0.25) is 4.79 Å². The number of ketones is 1. The van der Waals surface area contributed by atoms with Crippen LogP contribution in [0, 0.1) is 28.1 Å². The molecule has 3 atom stereocenters. The highest BCUT2D eigenvalue weighted by molar-refractivity contribution is 5.91. The summed E-state index contributed by atoms with van der Waals surface area (Å²) in [5.74, 6) is -0.557. The Bertz CT molecular complexity index is 966. The zero-order valence-electron chi connectivity index (χ0n) is 14.3. The molecule has 126 valence electrons. The fourth-order valence-corrected chi connectivity index (χ4v) is 4.42. The van der Waals surface area contributed by atoms with Gasteiger partial charge in [0.15, 0.2) is 11.2 Å². The van der Waals surface area contributed by atoms with Crippen LogP contribution in [-0.2, 0) is 4.79 Å². The molecule has 26 heavy (non-hydrogen) atoms. The van der Waals surface area contributed by atoms with Crippen molar-refractivity contribution in [2.45, 2.75) is 24.9 Å². The molecule has 1 saturated heterocycles. The Kier molecular flexibility index (Phi) is 3.63. The van der Waals surface area contributed by atoms with Crippen molar-refractivity contribution in [1.82, 2.24) is 0 Å². The van der Waals surface area contributed by atoms with Crippen LogP contribution >= 0.6 is 0 Å². The van der Waals surface area contributed by atoms with E-state index in [0.29, 0.717) is 0 Å². The average molecular weight is 339 g/mol. The molecular formula is C22H17N3O. The quantitative estimate of drug-likeness (QED) is 0.837. The summed E-state index contributed by atoms with van der Waals surface area (Å²) >= 11 is 0. The van der Waals surface area contributed by atoms with Gasteiger partial charge in [0, 0.05) is 11.6 Å². The van der Waals surface area contributed by atoms with E-state index in [2.05, 4.69) is 12.1 Å². The van der Waals surface area contributed by atoms with Crippen molar-refractivity contribution in [3.05, 3.63) is 71.8 Å². The Hall–Kier alpha value is -3.37. The largest absolute Gasteiger partial charge is 0.351 e. The molecule has 2 aliphatic heterocycles. The van der Waals surface area contributed by atoms with E-state index >= 15 is 0 Å². The Morgan fingerprint density at radius 1 is 1.04 bits per heavy atom. The van der Waals surface area contributed by atoms with Crippen molar-refractivity contribution in [2.24, 2.45) is 5.41 Å². The van der Waals surface area contributed by atoms with Crippen molar-refractivity contribution in [1.29, 1.82) is 10.5 Å². The summed E-state index contributed by atoms with van der Waals surface area (Å²) in [6.45, 7) is 1.55. The van der Waals surface area contributed by atoms with Gasteiger partial charge in [-0.15, -0.1) is 0 Å². The zero-order valence-corrected chi connectivity index (χ0v) is 14.3. The molecular weight excluding hydrogens is 322 g/mol. The molecule has 4 rings (SSSR count). The van der Waals surface area contributed by atoms with E-state index in [-0.39, 0.29) is 5.78 Å². The molecule has 1 fully saturated rings. The van der Waals surface area contributed by atoms with Crippen molar-refractivity contribution >= 4 is 17.5 Å². The first-order valence-electron chi connectivity index (χ1n) is 8.57. The van der Waals surface area contributed by atoms with Gasteiger partial charge in [0.05, 0.1) is 24.2 Å². The number of Topliss-reactive ketones (excluding diaryl/α,β-unsaturated/α-hetero) is 1. The van der Waals surface area contributed by atoms with Gasteiger partial charge < -0.3 is 4.90 Å². The van der Waals surface area contributed by atoms with Crippen LogP contribution in [0.25, 0.3) is 6.08 Å². The molecule has 2 aromatic rings. The monoisotopic (exact) mass is 339 g/mol. The maximum atomic E-state index is 12.7. The normalized spacial score (nSPS) is 24.9. The molecule has 4 heteroatoms. The van der Waals surface area contributed by atoms with Crippen LogP contribution in [0.5, 0.6) is 0 Å². The van der Waals surface area contributed by atoms with Crippen LogP contribution in [0.4, 0.5) is 5.69 Å². The van der Waals surface area contributed by atoms with Crippen molar-refractivity contribution in [3.8, 4) is 12.1 Å². The van der Waals surface area contributed by atoms with Crippen LogP contribution < -0.4 is 4.90 Å². The number of benzene rings is 2. The standard InChI is InChI=1S/C22H17N3O/c1-15(26)21-20(17-8-3-2-4-9-17)22(13-23,14-24)19-12-11-16-7-5-6-10-18(16)25(19)21/h2-12,19-21H,1H3. The highest BCUT2D eigenvalue weighted by Gasteiger charge is 2.62. The summed E-state index contributed by atoms with van der Waals surface area (Å²) in [6, 6.07) is 20.8. The number of fused-ring (bicyclic) bond motifs is 3. The molecule has 0 radical (unpaired) electrons. The molecule has 0 amide bonds. The molecule has 0 N–H and O–H groups in total. The van der Waals surface area contributed by atoms with Crippen LogP contribution in [-0.4, -0.2) is 17.9 Å². The Morgan fingerprint density at radius 3 is 2.35 bits per heavy atom. The van der Waals surface area contributed by atoms with E-state index in [1.54, 1.807) is 6.92 Å². The molecule has 0 aliphatic carbocycles. The summed E-state index contributed by atoms with van der Waals surface area (Å²) in [5, 5.41) is 20.2. The first-order valence-corrected chi connectivity index (χ1v) is 8.57. The number of rotatable bonds is 2. The minimum absolute atomic E-state index is 0.0404. The summed E-state index contributed by atoms with van der Waals surface area (Å²) in [4.78, 5) is 14.7. The number of anilines is 1. The van der Waals surface area contributed by atoms with Gasteiger partial charge in [-0.2, -0.15) is 10.5 Å². The van der Waals surface area contributed by atoms with Gasteiger partial charge in [0.25, 0.3) is 0 Å². The number of nitriles is 2. The highest BCUT2D eigenvalue weighted by atomic mass is 16.1. The van der Waals surface area contributed by atoms with Crippen molar-refractivity contribution in [2.75, 3.05) is 4.90 Å². The van der Waals surface area contributed by atoms with E-state index in [0.717, 1.165) is 16.8 Å². The Morgan fingerprint density at radius 2 is 1.69 bits per heavy atom. The third kappa shape index (κ3) is 2.03. The molecule has 0 saturated carbocycles. The second-order valence-corrected chi connectivity index (χ2v) is 6.81. The Labute approximate surface area is 152 Å². The molecule has 3 unspecified atom stereocenters. The second-order valence-electron chi connectivity index (χ2n) is 6.81. The second kappa shape index (κ2) is 5.86. The lowest BCUT2D eigenvalue weighted by Gasteiger charge is -2.35. The van der Waals surface area contributed by atoms with E-state index in [9.17, 15) is 15.3 Å². The topological polar surface area (TPSA) is 67.9 Å². The molecule has 2 heterocycles. The minimum atomic E-state index is -1.33. The maximum Gasteiger partial charge on any atom is 0.176 e. The van der Waals surface area contributed by atoms with Gasteiger partial charge in [-0.25, -0.2) is 0 Å². The highest BCUT2D eigenvalue weighted by Crippen LogP contribution is 2.54. The van der Waals surface area contributed by atoms with E-state index < -0.39 is 23.4 Å². The van der Waals surface area contributed by atoms with Gasteiger partial charge in [0.2, 0.25) is 0 Å². The van der Waals surface area contributed by atoms with Gasteiger partial charge in [-0.1, -0.05) is 60.7 Å². The Balaban J connectivity index is 2.01. The van der Waals surface area contributed by atoms with Gasteiger partial charge in [0.1, 0.15) is 0 Å². The first-order chi connectivity index (χ1) is 12.6. The maximum absolute atomic E-state index is 12.7. The lowest BCUT2D eigenvalue weighted by atomic mass is 9.69. The molecule has 2 aromatic carbocycles. The summed E-state index contributed by atoms with van der Waals surface area (Å²) in [6.07, 6.45) is 3.85. The van der Waals surface area contributed by atoms with Gasteiger partial charge in [-0.05, 0) is 24.1 Å². The van der Waals surface area contributed by atoms with Crippen molar-refractivity contribution < 1.29 is 4.79 Å². The SMILES string of the molecule is CC(=O)C1C(c2ccccc2)C(C#N)(C#N)C2C=Cc3ccccc3N12. The molecule has 0 bridgehead atoms. The summed E-state index contributed by atoms with van der Waals surface area (Å²) < 4.78 is 0. The van der Waals surface area contributed by atoms with Gasteiger partial charge >= 0.3 is 0 Å². The van der Waals surface area contributed by atoms with Crippen LogP contribution in [0.2, 0.25) is 0 Å². The average Bonchev–Trinajstić information content (AvgIpc) is 3.00. The number of hydrogen-bond donors (Lipinski definition) is 0. The molecule has 4 nitrogen and oxygen atoms in total. The van der Waals surface area contributed by atoms with Crippen molar-refractivity contribution in [3.63, 3.8) is 0 Å². The van der Waals surface area contributed by atoms with E-state index in [4.69, 9.17) is 0 Å². The molecule has 2 aliphatic rings. The van der Waals surface area contributed by atoms with E-state index in [1.165, 1.54) is 0 Å². The minimum Gasteiger partial charge on any atom is -0.351 e. The number of para-hydroxylation sites is 1. The fraction of sp³-hybridized carbons (Fsp3) is 0.227. The van der Waals surface area contributed by atoms with Crippen LogP contribution in [0.3, 0.4) is 0 Å². The predicted molar refractivity (Wildman–Crippen MR) is 99.1 cm³/mol. The van der Waals surface area contributed by atoms with Crippen LogP contribution in [0.1, 0.15) is 24.0 Å². The summed E-state index contributed by atoms with van der Waals surface area (Å²) in [7, 11) is 0. The fourth-order valence-electron chi connectivity index (χ4n) is 4.42. The summed E-state index contributed by atoms with van der Waals surface area (Å²) in [5.41, 5.74) is 1.40. The van der Waals surface area contributed by atoms with E-state index in [1.807, 2.05) is 71.6 Å². The van der Waals surface area contributed by atoms with Crippen LogP contribution in [0.15, 0.2) is 60.7 Å². The lowest BCUT2D eigenvalue weighted by Crippen LogP contribution is -2.43. The first kappa shape index (κ1) is 16.1. The molecule has 0 spiro atoms. The predicted octanol–water partition coefficient (Wildman–Crippen LogP) is 3.68. The number of hydrogen-bond acceptors (Lipinski definition) is 4. The third-order valence-corrected chi connectivity index (χ3v) is 5.49. The third-order valence-electron chi connectivity index (χ3n) is 5.49. The smallest absolute Gasteiger partial charge is 0.176 e.